The first kappa shape index (κ1) is 15.6. The first-order chi connectivity index (χ1) is 9.95. The zero-order valence-corrected chi connectivity index (χ0v) is 13.8. The maximum atomic E-state index is 12.1. The van der Waals surface area contributed by atoms with Crippen molar-refractivity contribution >= 4 is 33.2 Å². The lowest BCUT2D eigenvalue weighted by molar-refractivity contribution is -0.116. The molecule has 0 unspecified atom stereocenters. The van der Waals surface area contributed by atoms with Crippen LogP contribution in [0, 0.1) is 13.8 Å². The Morgan fingerprint density at radius 2 is 1.71 bits per heavy atom. The molecule has 3 N–H and O–H groups in total. The van der Waals surface area contributed by atoms with E-state index in [1.54, 1.807) is 0 Å². The summed E-state index contributed by atoms with van der Waals surface area (Å²) in [7, 11) is 0. The van der Waals surface area contributed by atoms with Crippen LogP contribution in [0.25, 0.3) is 0 Å². The zero-order chi connectivity index (χ0) is 15.4. The number of aryl methyl sites for hydroxylation is 3. The lowest BCUT2D eigenvalue weighted by Gasteiger charge is -2.12. The summed E-state index contributed by atoms with van der Waals surface area (Å²) in [6.45, 7) is 3.99. The maximum absolute atomic E-state index is 12.1. The second-order valence-corrected chi connectivity index (χ2v) is 6.12. The monoisotopic (exact) mass is 346 g/mol. The van der Waals surface area contributed by atoms with E-state index in [1.807, 2.05) is 50.2 Å². The quantitative estimate of drug-likeness (QED) is 0.814. The van der Waals surface area contributed by atoms with E-state index in [1.165, 1.54) is 0 Å². The minimum Gasteiger partial charge on any atom is -0.399 e. The molecule has 1 amide bonds. The van der Waals surface area contributed by atoms with Crippen molar-refractivity contribution in [2.45, 2.75) is 26.7 Å². The van der Waals surface area contributed by atoms with Crippen molar-refractivity contribution in [2.75, 3.05) is 11.1 Å². The van der Waals surface area contributed by atoms with E-state index in [9.17, 15) is 4.79 Å². The second-order valence-electron chi connectivity index (χ2n) is 5.20. The molecule has 0 fully saturated rings. The molecular formula is C17H19BrN2O. The largest absolute Gasteiger partial charge is 0.399 e. The van der Waals surface area contributed by atoms with Gasteiger partial charge in [-0.3, -0.25) is 4.79 Å². The molecule has 0 aliphatic carbocycles. The number of carbonyl (C=O) groups excluding carboxylic acids is 1. The third kappa shape index (κ3) is 4.33. The van der Waals surface area contributed by atoms with E-state index in [-0.39, 0.29) is 5.91 Å². The van der Waals surface area contributed by atoms with Crippen LogP contribution in [-0.2, 0) is 11.2 Å². The van der Waals surface area contributed by atoms with Gasteiger partial charge in [0.2, 0.25) is 5.91 Å². The molecule has 110 valence electrons. The van der Waals surface area contributed by atoms with Crippen LogP contribution in [0.3, 0.4) is 0 Å². The number of halogens is 1. The fraction of sp³-hybridized carbons (Fsp3) is 0.235. The number of amides is 1. The molecule has 0 aliphatic heterocycles. The number of hydrogen-bond donors (Lipinski definition) is 2. The number of rotatable bonds is 4. The van der Waals surface area contributed by atoms with Crippen molar-refractivity contribution in [3.63, 3.8) is 0 Å². The molecule has 0 aliphatic rings. The Kier molecular flexibility index (Phi) is 5.02. The van der Waals surface area contributed by atoms with E-state index >= 15 is 0 Å². The van der Waals surface area contributed by atoms with E-state index in [2.05, 4.69) is 21.2 Å². The first-order valence-electron chi connectivity index (χ1n) is 6.86. The number of hydrogen-bond acceptors (Lipinski definition) is 2. The van der Waals surface area contributed by atoms with Gasteiger partial charge in [-0.25, -0.2) is 0 Å². The number of anilines is 2. The van der Waals surface area contributed by atoms with Gasteiger partial charge in [0.1, 0.15) is 0 Å². The van der Waals surface area contributed by atoms with Crippen LogP contribution in [0.15, 0.2) is 40.9 Å². The van der Waals surface area contributed by atoms with Crippen LogP contribution < -0.4 is 11.1 Å². The van der Waals surface area contributed by atoms with Crippen LogP contribution in [0.4, 0.5) is 11.4 Å². The molecule has 2 aromatic rings. The van der Waals surface area contributed by atoms with Crippen LogP contribution in [0.5, 0.6) is 0 Å². The first-order valence-corrected chi connectivity index (χ1v) is 7.66. The molecule has 0 saturated carbocycles. The fourth-order valence-corrected chi connectivity index (χ4v) is 2.94. The summed E-state index contributed by atoms with van der Waals surface area (Å²) < 4.78 is 1.03. The van der Waals surface area contributed by atoms with Gasteiger partial charge < -0.3 is 11.1 Å². The highest BCUT2D eigenvalue weighted by atomic mass is 79.9. The number of nitrogen functional groups attached to an aromatic ring is 1. The van der Waals surface area contributed by atoms with Crippen molar-refractivity contribution < 1.29 is 4.79 Å². The lowest BCUT2D eigenvalue weighted by atomic mass is 10.1. The lowest BCUT2D eigenvalue weighted by Crippen LogP contribution is -2.14. The molecule has 0 saturated heterocycles. The molecule has 0 aromatic heterocycles. The third-order valence-corrected chi connectivity index (χ3v) is 3.84. The Bertz CT molecular complexity index is 627. The van der Waals surface area contributed by atoms with Crippen LogP contribution in [0.1, 0.15) is 23.1 Å². The van der Waals surface area contributed by atoms with Crippen molar-refractivity contribution in [2.24, 2.45) is 0 Å². The number of nitrogens with two attached hydrogens (primary N) is 1. The van der Waals surface area contributed by atoms with Gasteiger partial charge in [-0.05, 0) is 61.2 Å². The second kappa shape index (κ2) is 6.76. The van der Waals surface area contributed by atoms with Crippen molar-refractivity contribution in [1.29, 1.82) is 0 Å². The van der Waals surface area contributed by atoms with Crippen molar-refractivity contribution in [3.05, 3.63) is 57.6 Å². The van der Waals surface area contributed by atoms with Gasteiger partial charge in [-0.15, -0.1) is 0 Å². The summed E-state index contributed by atoms with van der Waals surface area (Å²) in [6.07, 6.45) is 1.17. The molecule has 21 heavy (non-hydrogen) atoms. The highest BCUT2D eigenvalue weighted by Gasteiger charge is 2.08. The maximum Gasteiger partial charge on any atom is 0.224 e. The fourth-order valence-electron chi connectivity index (χ4n) is 2.25. The summed E-state index contributed by atoms with van der Waals surface area (Å²) in [5, 5.41) is 3.00. The van der Waals surface area contributed by atoms with Gasteiger partial charge in [-0.1, -0.05) is 28.1 Å². The van der Waals surface area contributed by atoms with Gasteiger partial charge in [-0.2, -0.15) is 0 Å². The predicted molar refractivity (Wildman–Crippen MR) is 91.4 cm³/mol. The SMILES string of the molecule is Cc1cc(Br)cc(C)c1NC(=O)CCc1ccc(N)cc1. The molecule has 0 bridgehead atoms. The summed E-state index contributed by atoms with van der Waals surface area (Å²) in [6, 6.07) is 11.6. The van der Waals surface area contributed by atoms with Gasteiger partial charge in [0.25, 0.3) is 0 Å². The topological polar surface area (TPSA) is 55.1 Å². The number of carbonyl (C=O) groups is 1. The van der Waals surface area contributed by atoms with Gasteiger partial charge in [0, 0.05) is 22.3 Å². The van der Waals surface area contributed by atoms with E-state index in [0.29, 0.717) is 12.8 Å². The van der Waals surface area contributed by atoms with Crippen LogP contribution >= 0.6 is 15.9 Å². The van der Waals surface area contributed by atoms with Crippen LogP contribution in [0.2, 0.25) is 0 Å². The number of benzene rings is 2. The minimum absolute atomic E-state index is 0.0281. The molecule has 0 spiro atoms. The van der Waals surface area contributed by atoms with E-state index < -0.39 is 0 Å². The van der Waals surface area contributed by atoms with Gasteiger partial charge >= 0.3 is 0 Å². The molecule has 3 nitrogen and oxygen atoms in total. The Hall–Kier alpha value is -1.81. The minimum atomic E-state index is 0.0281. The third-order valence-electron chi connectivity index (χ3n) is 3.38. The summed E-state index contributed by atoms with van der Waals surface area (Å²) in [4.78, 5) is 12.1. The molecule has 0 radical (unpaired) electrons. The molecule has 4 heteroatoms. The van der Waals surface area contributed by atoms with Gasteiger partial charge in [0.15, 0.2) is 0 Å². The molecule has 0 heterocycles. The molecule has 2 rings (SSSR count). The van der Waals surface area contributed by atoms with E-state index in [0.717, 1.165) is 32.5 Å². The number of nitrogens with one attached hydrogen (secondary N) is 1. The smallest absolute Gasteiger partial charge is 0.224 e. The molecular weight excluding hydrogens is 328 g/mol. The Morgan fingerprint density at radius 1 is 1.14 bits per heavy atom. The zero-order valence-electron chi connectivity index (χ0n) is 12.2. The predicted octanol–water partition coefficient (Wildman–Crippen LogP) is 4.22. The Balaban J connectivity index is 1.97. The molecule has 2 aromatic carbocycles. The standard InChI is InChI=1S/C17H19BrN2O/c1-11-9-14(18)10-12(2)17(11)20-16(21)8-5-13-3-6-15(19)7-4-13/h3-4,6-7,9-10H,5,8,19H2,1-2H3,(H,20,21). The average Bonchev–Trinajstić information content (AvgIpc) is 2.42. The Morgan fingerprint density at radius 3 is 2.29 bits per heavy atom. The normalized spacial score (nSPS) is 10.4. The Labute approximate surface area is 133 Å². The average molecular weight is 347 g/mol. The van der Waals surface area contributed by atoms with Crippen molar-refractivity contribution in [3.8, 4) is 0 Å². The summed E-state index contributed by atoms with van der Waals surface area (Å²) in [5.41, 5.74) is 10.5. The highest BCUT2D eigenvalue weighted by Crippen LogP contribution is 2.25. The summed E-state index contributed by atoms with van der Waals surface area (Å²) >= 11 is 3.46. The summed E-state index contributed by atoms with van der Waals surface area (Å²) in [5.74, 6) is 0.0281. The van der Waals surface area contributed by atoms with Crippen molar-refractivity contribution in [1.82, 2.24) is 0 Å². The van der Waals surface area contributed by atoms with Crippen LogP contribution in [-0.4, -0.2) is 5.91 Å². The highest BCUT2D eigenvalue weighted by molar-refractivity contribution is 9.10. The molecule has 0 atom stereocenters. The van der Waals surface area contributed by atoms with E-state index in [4.69, 9.17) is 5.73 Å². The van der Waals surface area contributed by atoms with Gasteiger partial charge in [0.05, 0.1) is 0 Å².